The van der Waals surface area contributed by atoms with Crippen LogP contribution in [-0.2, 0) is 23.7 Å². The van der Waals surface area contributed by atoms with Crippen LogP contribution in [0.15, 0.2) is 24.3 Å². The van der Waals surface area contributed by atoms with Crippen molar-refractivity contribution in [2.45, 2.75) is 32.6 Å². The van der Waals surface area contributed by atoms with E-state index >= 15 is 0 Å². The molecule has 1 amide bonds. The van der Waals surface area contributed by atoms with E-state index in [4.69, 9.17) is 23.7 Å². The Kier molecular flexibility index (Phi) is 18.1. The molecule has 0 spiro atoms. The predicted octanol–water partition coefficient (Wildman–Crippen LogP) is 4.09. The van der Waals surface area contributed by atoms with Gasteiger partial charge < -0.3 is 29.0 Å². The van der Waals surface area contributed by atoms with Gasteiger partial charge in [-0.15, -0.1) is 0 Å². The van der Waals surface area contributed by atoms with Crippen LogP contribution in [0, 0.1) is 0 Å². The van der Waals surface area contributed by atoms with Crippen LogP contribution in [0.2, 0.25) is 0 Å². The number of rotatable bonds is 20. The largest absolute Gasteiger partial charge is 0.491 e. The highest BCUT2D eigenvalue weighted by Crippen LogP contribution is 2.15. The maximum Gasteiger partial charge on any atom is 0.221 e. The molecule has 0 atom stereocenters. The van der Waals surface area contributed by atoms with E-state index in [0.717, 1.165) is 24.5 Å². The predicted molar refractivity (Wildman–Crippen MR) is 127 cm³/mol. The van der Waals surface area contributed by atoms with E-state index in [9.17, 15) is 4.79 Å². The summed E-state index contributed by atoms with van der Waals surface area (Å²) in [6, 6.07) is 7.22. The number of benzene rings is 1. The minimum Gasteiger partial charge on any atom is -0.491 e. The highest BCUT2D eigenvalue weighted by molar-refractivity contribution is 14.1. The zero-order valence-electron chi connectivity index (χ0n) is 18.0. The van der Waals surface area contributed by atoms with Crippen molar-refractivity contribution >= 4 is 34.2 Å². The zero-order valence-corrected chi connectivity index (χ0v) is 20.2. The quantitative estimate of drug-likeness (QED) is 0.154. The Morgan fingerprint density at radius 1 is 0.733 bits per heavy atom. The van der Waals surface area contributed by atoms with Gasteiger partial charge in [-0.1, -0.05) is 35.4 Å². The second kappa shape index (κ2) is 20.0. The molecule has 0 aliphatic rings. The Morgan fingerprint density at radius 3 is 1.77 bits per heavy atom. The molecule has 0 radical (unpaired) electrons. The number of anilines is 1. The number of halogens is 1. The topological polar surface area (TPSA) is 75.3 Å². The molecule has 1 rings (SSSR count). The van der Waals surface area contributed by atoms with Gasteiger partial charge in [-0.2, -0.15) is 0 Å². The highest BCUT2D eigenvalue weighted by atomic mass is 127. The minimum atomic E-state index is -0.0943. The van der Waals surface area contributed by atoms with Crippen LogP contribution in [-0.4, -0.2) is 69.8 Å². The number of hydrogen-bond donors (Lipinski definition) is 1. The summed E-state index contributed by atoms with van der Waals surface area (Å²) in [7, 11) is 0. The number of amides is 1. The van der Waals surface area contributed by atoms with E-state index in [1.807, 2.05) is 12.1 Å². The molecule has 1 aromatic carbocycles. The molecule has 0 fully saturated rings. The van der Waals surface area contributed by atoms with Gasteiger partial charge in [0.25, 0.3) is 0 Å². The standard InChI is InChI=1S/C22H36INO6/c1-20(25)24-21-6-8-22(9-7-21)30-19-18-29-17-16-28-15-14-27-13-12-26-11-5-3-2-4-10-23/h6-9H,2-5,10-19H2,1H3,(H,24,25). The number of unbranched alkanes of at least 4 members (excludes halogenated alkanes) is 3. The highest BCUT2D eigenvalue weighted by Gasteiger charge is 1.98. The molecule has 0 aromatic heterocycles. The Bertz CT molecular complexity index is 529. The summed E-state index contributed by atoms with van der Waals surface area (Å²) in [6.45, 7) is 6.67. The molecule has 1 N–H and O–H groups in total. The number of nitrogens with one attached hydrogen (secondary N) is 1. The summed E-state index contributed by atoms with van der Waals surface area (Å²) in [5, 5.41) is 2.71. The Hall–Kier alpha value is -0.940. The Labute approximate surface area is 194 Å². The summed E-state index contributed by atoms with van der Waals surface area (Å²) < 4.78 is 28.8. The van der Waals surface area contributed by atoms with E-state index in [0.29, 0.717) is 52.9 Å². The fraction of sp³-hybridized carbons (Fsp3) is 0.682. The lowest BCUT2D eigenvalue weighted by atomic mass is 10.2. The number of carbonyl (C=O) groups excluding carboxylic acids is 1. The Balaban J connectivity index is 1.79. The molecule has 1 aromatic rings. The summed E-state index contributed by atoms with van der Waals surface area (Å²) in [5.41, 5.74) is 0.748. The maximum absolute atomic E-state index is 11.0. The van der Waals surface area contributed by atoms with Gasteiger partial charge in [0.05, 0.1) is 46.2 Å². The van der Waals surface area contributed by atoms with Crippen LogP contribution in [0.5, 0.6) is 5.75 Å². The second-order valence-corrected chi connectivity index (χ2v) is 7.69. The third kappa shape index (κ3) is 16.8. The van der Waals surface area contributed by atoms with Gasteiger partial charge in [0.1, 0.15) is 12.4 Å². The Morgan fingerprint density at radius 2 is 1.23 bits per heavy atom. The third-order valence-corrected chi connectivity index (χ3v) is 4.72. The molecule has 0 saturated carbocycles. The average Bonchev–Trinajstić information content (AvgIpc) is 2.73. The van der Waals surface area contributed by atoms with Gasteiger partial charge in [-0.25, -0.2) is 0 Å². The summed E-state index contributed by atoms with van der Waals surface area (Å²) in [6.07, 6.45) is 4.99. The number of ether oxygens (including phenoxy) is 5. The van der Waals surface area contributed by atoms with Crippen LogP contribution in [0.1, 0.15) is 32.6 Å². The van der Waals surface area contributed by atoms with E-state index in [1.54, 1.807) is 12.1 Å². The molecule has 0 aliphatic carbocycles. The first-order valence-electron chi connectivity index (χ1n) is 10.6. The van der Waals surface area contributed by atoms with Gasteiger partial charge in [0.15, 0.2) is 0 Å². The van der Waals surface area contributed by atoms with Crippen molar-refractivity contribution in [1.82, 2.24) is 0 Å². The normalized spacial score (nSPS) is 10.9. The molecule has 172 valence electrons. The molecule has 0 heterocycles. The van der Waals surface area contributed by atoms with E-state index in [2.05, 4.69) is 27.9 Å². The third-order valence-electron chi connectivity index (χ3n) is 3.96. The van der Waals surface area contributed by atoms with Crippen molar-refractivity contribution in [2.24, 2.45) is 0 Å². The first kappa shape index (κ1) is 27.1. The summed E-state index contributed by atoms with van der Waals surface area (Å²) in [5.74, 6) is 0.643. The fourth-order valence-corrected chi connectivity index (χ4v) is 3.01. The molecule has 30 heavy (non-hydrogen) atoms. The fourth-order valence-electron chi connectivity index (χ4n) is 2.47. The number of alkyl halides is 1. The molecule has 8 heteroatoms. The van der Waals surface area contributed by atoms with Crippen molar-refractivity contribution in [3.05, 3.63) is 24.3 Å². The lowest BCUT2D eigenvalue weighted by molar-refractivity contribution is -0.114. The molecule has 0 saturated heterocycles. The van der Waals surface area contributed by atoms with Crippen molar-refractivity contribution in [3.8, 4) is 5.75 Å². The van der Waals surface area contributed by atoms with Gasteiger partial charge >= 0.3 is 0 Å². The molecule has 0 aliphatic heterocycles. The molecule has 0 unspecified atom stereocenters. The first-order valence-corrected chi connectivity index (χ1v) is 12.1. The van der Waals surface area contributed by atoms with Crippen LogP contribution >= 0.6 is 22.6 Å². The molecule has 7 nitrogen and oxygen atoms in total. The van der Waals surface area contributed by atoms with E-state index in [1.165, 1.54) is 30.6 Å². The van der Waals surface area contributed by atoms with Crippen LogP contribution in [0.3, 0.4) is 0 Å². The van der Waals surface area contributed by atoms with Gasteiger partial charge in [0.2, 0.25) is 5.91 Å². The lowest BCUT2D eigenvalue weighted by Gasteiger charge is -2.09. The van der Waals surface area contributed by atoms with Crippen molar-refractivity contribution in [2.75, 3.05) is 69.2 Å². The number of hydrogen-bond acceptors (Lipinski definition) is 6. The monoisotopic (exact) mass is 537 g/mol. The van der Waals surface area contributed by atoms with Crippen molar-refractivity contribution in [3.63, 3.8) is 0 Å². The number of carbonyl (C=O) groups is 1. The van der Waals surface area contributed by atoms with Crippen molar-refractivity contribution < 1.29 is 28.5 Å². The van der Waals surface area contributed by atoms with Gasteiger partial charge in [0, 0.05) is 19.2 Å². The minimum absolute atomic E-state index is 0.0943. The SMILES string of the molecule is CC(=O)Nc1ccc(OCCOCCOCCOCCOCCCCCCI)cc1. The lowest BCUT2D eigenvalue weighted by Crippen LogP contribution is -2.14. The van der Waals surface area contributed by atoms with E-state index < -0.39 is 0 Å². The van der Waals surface area contributed by atoms with E-state index in [-0.39, 0.29) is 5.91 Å². The summed E-state index contributed by atoms with van der Waals surface area (Å²) in [4.78, 5) is 11.0. The average molecular weight is 537 g/mol. The molecule has 0 bridgehead atoms. The van der Waals surface area contributed by atoms with Crippen LogP contribution in [0.25, 0.3) is 0 Å². The zero-order chi connectivity index (χ0) is 21.7. The molecular weight excluding hydrogens is 501 g/mol. The first-order chi connectivity index (χ1) is 14.7. The maximum atomic E-state index is 11.0. The van der Waals surface area contributed by atoms with Crippen LogP contribution < -0.4 is 10.1 Å². The van der Waals surface area contributed by atoms with Gasteiger partial charge in [-0.3, -0.25) is 4.79 Å². The van der Waals surface area contributed by atoms with Gasteiger partial charge in [-0.05, 0) is 41.5 Å². The second-order valence-electron chi connectivity index (χ2n) is 6.61. The summed E-state index contributed by atoms with van der Waals surface area (Å²) >= 11 is 2.42. The van der Waals surface area contributed by atoms with Crippen LogP contribution in [0.4, 0.5) is 5.69 Å². The van der Waals surface area contributed by atoms with Crippen molar-refractivity contribution in [1.29, 1.82) is 0 Å². The molecular formula is C22H36INO6. The smallest absolute Gasteiger partial charge is 0.221 e.